The van der Waals surface area contributed by atoms with Crippen molar-refractivity contribution in [2.75, 3.05) is 13.2 Å². The number of epoxide rings is 1. The largest absolute Gasteiger partial charge is 0.370 e. The standard InChI is InChI=1S/C5H8O4/c1-4(6)9-8-3-5-2-7-5/h5H,2-3H2,1H3. The summed E-state index contributed by atoms with van der Waals surface area (Å²) in [4.78, 5) is 18.7. The van der Waals surface area contributed by atoms with Gasteiger partial charge < -0.3 is 4.74 Å². The zero-order valence-corrected chi connectivity index (χ0v) is 5.12. The molecule has 0 spiro atoms. The lowest BCUT2D eigenvalue weighted by Gasteiger charge is -1.95. The maximum atomic E-state index is 10.1. The number of rotatable bonds is 3. The van der Waals surface area contributed by atoms with Gasteiger partial charge in [-0.3, -0.25) is 4.89 Å². The van der Waals surface area contributed by atoms with Crippen LogP contribution >= 0.6 is 0 Å². The van der Waals surface area contributed by atoms with Crippen LogP contribution < -0.4 is 0 Å². The van der Waals surface area contributed by atoms with Crippen LogP contribution in [0, 0.1) is 0 Å². The van der Waals surface area contributed by atoms with Gasteiger partial charge in [0.15, 0.2) is 0 Å². The highest BCUT2D eigenvalue weighted by molar-refractivity contribution is 5.65. The molecule has 1 fully saturated rings. The molecule has 4 heteroatoms. The van der Waals surface area contributed by atoms with Crippen LogP contribution in [0.15, 0.2) is 0 Å². The fraction of sp³-hybridized carbons (Fsp3) is 0.800. The second kappa shape index (κ2) is 2.80. The minimum Gasteiger partial charge on any atom is -0.370 e. The molecular formula is C5H8O4. The van der Waals surface area contributed by atoms with E-state index in [9.17, 15) is 4.79 Å². The van der Waals surface area contributed by atoms with Crippen molar-refractivity contribution < 1.29 is 19.3 Å². The highest BCUT2D eigenvalue weighted by Crippen LogP contribution is 2.08. The monoisotopic (exact) mass is 132 g/mol. The van der Waals surface area contributed by atoms with Crippen LogP contribution in [0.25, 0.3) is 0 Å². The Labute approximate surface area is 52.6 Å². The van der Waals surface area contributed by atoms with Gasteiger partial charge in [0, 0.05) is 6.92 Å². The van der Waals surface area contributed by atoms with Crippen molar-refractivity contribution in [3.8, 4) is 0 Å². The third kappa shape index (κ3) is 3.05. The van der Waals surface area contributed by atoms with E-state index in [-0.39, 0.29) is 6.10 Å². The van der Waals surface area contributed by atoms with Gasteiger partial charge in [0.1, 0.15) is 12.7 Å². The highest BCUT2D eigenvalue weighted by Gasteiger charge is 2.23. The van der Waals surface area contributed by atoms with E-state index in [2.05, 4.69) is 9.78 Å². The maximum Gasteiger partial charge on any atom is 0.339 e. The first-order chi connectivity index (χ1) is 4.29. The number of ether oxygens (including phenoxy) is 1. The Bertz CT molecular complexity index is 108. The van der Waals surface area contributed by atoms with Gasteiger partial charge in [-0.15, -0.1) is 0 Å². The molecule has 1 saturated heterocycles. The molecule has 0 radical (unpaired) electrons. The summed E-state index contributed by atoms with van der Waals surface area (Å²) in [6, 6.07) is 0. The van der Waals surface area contributed by atoms with E-state index in [1.54, 1.807) is 0 Å². The summed E-state index contributed by atoms with van der Waals surface area (Å²) in [6.07, 6.45) is 0.143. The zero-order chi connectivity index (χ0) is 6.69. The molecule has 0 amide bonds. The molecule has 0 aliphatic carbocycles. The molecule has 0 bridgehead atoms. The first kappa shape index (κ1) is 6.51. The van der Waals surface area contributed by atoms with Crippen LogP contribution in [0.1, 0.15) is 6.92 Å². The second-order valence-corrected chi connectivity index (χ2v) is 1.81. The predicted octanol–water partition coefficient (Wildman–Crippen LogP) is -0.120. The SMILES string of the molecule is CC(=O)OOCC1CO1. The van der Waals surface area contributed by atoms with Gasteiger partial charge in [0.25, 0.3) is 0 Å². The summed E-state index contributed by atoms with van der Waals surface area (Å²) >= 11 is 0. The molecule has 1 heterocycles. The summed E-state index contributed by atoms with van der Waals surface area (Å²) in [6.45, 7) is 2.34. The topological polar surface area (TPSA) is 48.1 Å². The predicted molar refractivity (Wildman–Crippen MR) is 27.5 cm³/mol. The van der Waals surface area contributed by atoms with Gasteiger partial charge in [-0.1, -0.05) is 0 Å². The van der Waals surface area contributed by atoms with E-state index in [0.29, 0.717) is 13.2 Å². The molecular weight excluding hydrogens is 124 g/mol. The minimum atomic E-state index is -0.435. The summed E-state index contributed by atoms with van der Waals surface area (Å²) < 4.78 is 4.77. The number of hydrogen-bond donors (Lipinski definition) is 0. The van der Waals surface area contributed by atoms with Gasteiger partial charge in [0.2, 0.25) is 0 Å². The molecule has 1 rings (SSSR count). The Morgan fingerprint density at radius 3 is 3.00 bits per heavy atom. The van der Waals surface area contributed by atoms with Crippen LogP contribution in [-0.2, 0) is 19.3 Å². The van der Waals surface area contributed by atoms with E-state index in [4.69, 9.17) is 4.74 Å². The quantitative estimate of drug-likeness (QED) is 0.305. The maximum absolute atomic E-state index is 10.1. The number of carbonyl (C=O) groups excluding carboxylic acids is 1. The van der Waals surface area contributed by atoms with Gasteiger partial charge >= 0.3 is 5.97 Å². The van der Waals surface area contributed by atoms with Crippen molar-refractivity contribution in [1.29, 1.82) is 0 Å². The molecule has 0 aromatic carbocycles. The van der Waals surface area contributed by atoms with Crippen molar-refractivity contribution in [2.45, 2.75) is 13.0 Å². The molecule has 52 valence electrons. The summed E-state index contributed by atoms with van der Waals surface area (Å²) in [5.41, 5.74) is 0. The van der Waals surface area contributed by atoms with Crippen LogP contribution in [0.4, 0.5) is 0 Å². The van der Waals surface area contributed by atoms with Crippen molar-refractivity contribution in [3.63, 3.8) is 0 Å². The molecule has 1 atom stereocenters. The molecule has 0 aromatic rings. The fourth-order valence-electron chi connectivity index (χ4n) is 0.357. The van der Waals surface area contributed by atoms with Gasteiger partial charge in [-0.2, -0.15) is 4.89 Å². The lowest BCUT2D eigenvalue weighted by atomic mass is 10.5. The lowest BCUT2D eigenvalue weighted by molar-refractivity contribution is -0.271. The first-order valence-electron chi connectivity index (χ1n) is 2.70. The van der Waals surface area contributed by atoms with Gasteiger partial charge in [0.05, 0.1) is 6.61 Å². The summed E-state index contributed by atoms with van der Waals surface area (Å²) in [5, 5.41) is 0. The van der Waals surface area contributed by atoms with E-state index < -0.39 is 5.97 Å². The van der Waals surface area contributed by atoms with Crippen molar-refractivity contribution in [1.82, 2.24) is 0 Å². The molecule has 0 saturated carbocycles. The molecule has 9 heavy (non-hydrogen) atoms. The zero-order valence-electron chi connectivity index (χ0n) is 5.12. The molecule has 1 unspecified atom stereocenters. The second-order valence-electron chi connectivity index (χ2n) is 1.81. The fourth-order valence-corrected chi connectivity index (χ4v) is 0.357. The van der Waals surface area contributed by atoms with E-state index >= 15 is 0 Å². The molecule has 0 aromatic heterocycles. The van der Waals surface area contributed by atoms with E-state index in [1.807, 2.05) is 0 Å². The van der Waals surface area contributed by atoms with E-state index in [0.717, 1.165) is 0 Å². The Balaban J connectivity index is 1.86. The summed E-state index contributed by atoms with van der Waals surface area (Å²) in [7, 11) is 0. The Kier molecular flexibility index (Phi) is 2.02. The smallest absolute Gasteiger partial charge is 0.339 e. The Morgan fingerprint density at radius 2 is 2.56 bits per heavy atom. The van der Waals surface area contributed by atoms with Gasteiger partial charge in [-0.05, 0) is 0 Å². The lowest BCUT2D eigenvalue weighted by Crippen LogP contribution is -2.05. The van der Waals surface area contributed by atoms with Crippen LogP contribution in [-0.4, -0.2) is 25.3 Å². The van der Waals surface area contributed by atoms with Crippen molar-refractivity contribution in [2.24, 2.45) is 0 Å². The third-order valence-corrected chi connectivity index (χ3v) is 0.833. The van der Waals surface area contributed by atoms with Crippen LogP contribution in [0.3, 0.4) is 0 Å². The van der Waals surface area contributed by atoms with Crippen LogP contribution in [0.2, 0.25) is 0 Å². The first-order valence-corrected chi connectivity index (χ1v) is 2.70. The van der Waals surface area contributed by atoms with Crippen molar-refractivity contribution in [3.05, 3.63) is 0 Å². The van der Waals surface area contributed by atoms with E-state index in [1.165, 1.54) is 6.92 Å². The average molecular weight is 132 g/mol. The number of hydrogen-bond acceptors (Lipinski definition) is 4. The highest BCUT2D eigenvalue weighted by atomic mass is 17.2. The average Bonchev–Trinajstić information content (AvgIpc) is 2.48. The normalized spacial score (nSPS) is 23.4. The van der Waals surface area contributed by atoms with Crippen molar-refractivity contribution >= 4 is 5.97 Å². The molecule has 1 aliphatic rings. The third-order valence-electron chi connectivity index (χ3n) is 0.833. The number of carbonyl (C=O) groups is 1. The molecule has 0 N–H and O–H groups in total. The minimum absolute atomic E-state index is 0.143. The molecule has 4 nitrogen and oxygen atoms in total. The Hall–Kier alpha value is -0.610. The Morgan fingerprint density at radius 1 is 1.89 bits per heavy atom. The molecule has 1 aliphatic heterocycles. The van der Waals surface area contributed by atoms with Crippen LogP contribution in [0.5, 0.6) is 0 Å². The summed E-state index contributed by atoms with van der Waals surface area (Å²) in [5.74, 6) is -0.435. The van der Waals surface area contributed by atoms with Gasteiger partial charge in [-0.25, -0.2) is 4.79 Å².